The monoisotopic (exact) mass is 344 g/mol. The van der Waals surface area contributed by atoms with E-state index in [1.165, 1.54) is 0 Å². The number of amides is 1. The molecule has 0 fully saturated rings. The summed E-state index contributed by atoms with van der Waals surface area (Å²) in [7, 11) is 0. The van der Waals surface area contributed by atoms with E-state index in [9.17, 15) is 4.79 Å². The van der Waals surface area contributed by atoms with Crippen LogP contribution in [0.3, 0.4) is 0 Å². The van der Waals surface area contributed by atoms with Crippen molar-refractivity contribution in [1.82, 2.24) is 9.88 Å². The van der Waals surface area contributed by atoms with Gasteiger partial charge >= 0.3 is 0 Å². The van der Waals surface area contributed by atoms with Gasteiger partial charge in [-0.15, -0.1) is 0 Å². The number of nitrogens with one attached hydrogen (secondary N) is 1. The van der Waals surface area contributed by atoms with Crippen molar-refractivity contribution in [3.63, 3.8) is 0 Å². The van der Waals surface area contributed by atoms with Gasteiger partial charge in [0.05, 0.1) is 5.52 Å². The van der Waals surface area contributed by atoms with Gasteiger partial charge in [-0.1, -0.05) is 35.3 Å². The minimum Gasteiger partial charge on any atom is -0.349 e. The van der Waals surface area contributed by atoms with Gasteiger partial charge in [-0.05, 0) is 42.3 Å². The van der Waals surface area contributed by atoms with E-state index in [1.54, 1.807) is 0 Å². The Morgan fingerprint density at radius 2 is 1.83 bits per heavy atom. The van der Waals surface area contributed by atoms with Crippen molar-refractivity contribution in [2.75, 3.05) is 6.54 Å². The molecule has 2 aromatic carbocycles. The Bertz CT molecular complexity index is 942. The minimum absolute atomic E-state index is 0.0249. The average molecular weight is 345 g/mol. The first-order chi connectivity index (χ1) is 11.1. The molecule has 0 saturated carbocycles. The summed E-state index contributed by atoms with van der Waals surface area (Å²) in [5, 5.41) is 5.29. The van der Waals surface area contributed by atoms with Crippen LogP contribution >= 0.6 is 23.2 Å². The maximum absolute atomic E-state index is 12.3. The number of hydrogen-bond acceptors (Lipinski definition) is 1. The molecule has 0 unspecified atom stereocenters. The molecular formula is C18H14Cl2N2O. The molecule has 1 aliphatic rings. The van der Waals surface area contributed by atoms with E-state index >= 15 is 0 Å². The van der Waals surface area contributed by atoms with Gasteiger partial charge in [-0.2, -0.15) is 0 Å². The van der Waals surface area contributed by atoms with Crippen LogP contribution in [-0.4, -0.2) is 17.0 Å². The van der Waals surface area contributed by atoms with Crippen molar-refractivity contribution >= 4 is 40.0 Å². The zero-order chi connectivity index (χ0) is 16.1. The highest BCUT2D eigenvalue weighted by Gasteiger charge is 2.25. The lowest BCUT2D eigenvalue weighted by Crippen LogP contribution is -2.35. The van der Waals surface area contributed by atoms with Gasteiger partial charge in [0.15, 0.2) is 0 Å². The fraction of sp³-hybridized carbons (Fsp3) is 0.167. The second-order valence-corrected chi connectivity index (χ2v) is 6.61. The summed E-state index contributed by atoms with van der Waals surface area (Å²) in [4.78, 5) is 12.3. The molecular weight excluding hydrogens is 331 g/mol. The summed E-state index contributed by atoms with van der Waals surface area (Å²) in [5.74, 6) is -0.0249. The van der Waals surface area contributed by atoms with E-state index in [4.69, 9.17) is 23.2 Å². The van der Waals surface area contributed by atoms with Crippen molar-refractivity contribution in [3.8, 4) is 11.1 Å². The third kappa shape index (κ3) is 2.23. The number of aromatic nitrogens is 1. The Hall–Kier alpha value is -1.97. The molecule has 4 rings (SSSR count). The lowest BCUT2D eigenvalue weighted by atomic mass is 10.0. The van der Waals surface area contributed by atoms with Gasteiger partial charge in [-0.25, -0.2) is 0 Å². The third-order valence-electron chi connectivity index (χ3n) is 4.37. The summed E-state index contributed by atoms with van der Waals surface area (Å²) in [6.07, 6.45) is 0. The lowest BCUT2D eigenvalue weighted by molar-refractivity contribution is 0.0928. The van der Waals surface area contributed by atoms with Gasteiger partial charge < -0.3 is 9.88 Å². The molecule has 0 radical (unpaired) electrons. The van der Waals surface area contributed by atoms with Crippen molar-refractivity contribution < 1.29 is 4.79 Å². The molecule has 1 aliphatic heterocycles. The Morgan fingerprint density at radius 1 is 1.09 bits per heavy atom. The second-order valence-electron chi connectivity index (χ2n) is 5.74. The number of halogens is 2. The molecule has 5 heteroatoms. The smallest absolute Gasteiger partial charge is 0.268 e. The number of carbonyl (C=O) groups excluding carboxylic acids is 1. The molecule has 0 atom stereocenters. The maximum Gasteiger partial charge on any atom is 0.268 e. The number of rotatable bonds is 1. The predicted octanol–water partition coefficient (Wildman–Crippen LogP) is 4.67. The molecule has 116 valence electrons. The van der Waals surface area contributed by atoms with Gasteiger partial charge in [0.2, 0.25) is 0 Å². The highest BCUT2D eigenvalue weighted by Crippen LogP contribution is 2.37. The van der Waals surface area contributed by atoms with Crippen LogP contribution in [0.1, 0.15) is 16.1 Å². The van der Waals surface area contributed by atoms with Gasteiger partial charge in [0.25, 0.3) is 5.91 Å². The SMILES string of the molecule is Cc1c2n(c3c(-c4ccc(Cl)cc4)cc(Cl)cc13)CCNC2=O. The average Bonchev–Trinajstić information content (AvgIpc) is 2.82. The Morgan fingerprint density at radius 3 is 2.57 bits per heavy atom. The minimum atomic E-state index is -0.0249. The zero-order valence-electron chi connectivity index (χ0n) is 12.5. The molecule has 2 heterocycles. The Labute approximate surface area is 143 Å². The summed E-state index contributed by atoms with van der Waals surface area (Å²) in [5.41, 5.74) is 4.80. The fourth-order valence-corrected chi connectivity index (χ4v) is 3.69. The van der Waals surface area contributed by atoms with E-state index in [0.717, 1.165) is 39.8 Å². The van der Waals surface area contributed by atoms with Crippen LogP contribution in [0.5, 0.6) is 0 Å². The highest BCUT2D eigenvalue weighted by atomic mass is 35.5. The van der Waals surface area contributed by atoms with Crippen LogP contribution in [0, 0.1) is 6.92 Å². The number of benzene rings is 2. The number of carbonyl (C=O) groups is 1. The molecule has 0 spiro atoms. The zero-order valence-corrected chi connectivity index (χ0v) is 14.0. The summed E-state index contributed by atoms with van der Waals surface area (Å²) in [6.45, 7) is 3.37. The van der Waals surface area contributed by atoms with Crippen molar-refractivity contribution in [2.45, 2.75) is 13.5 Å². The molecule has 1 amide bonds. The predicted molar refractivity (Wildman–Crippen MR) is 94.5 cm³/mol. The number of aryl methyl sites for hydroxylation is 1. The number of fused-ring (bicyclic) bond motifs is 3. The first-order valence-corrected chi connectivity index (χ1v) is 8.18. The largest absolute Gasteiger partial charge is 0.349 e. The first kappa shape index (κ1) is 14.6. The standard InChI is InChI=1S/C18H14Cl2N2O/c1-10-14-8-13(20)9-15(11-2-4-12(19)5-3-11)17(14)22-7-6-21-18(23)16(10)22/h2-5,8-9H,6-7H2,1H3,(H,21,23). The van der Waals surface area contributed by atoms with Crippen LogP contribution in [0.15, 0.2) is 36.4 Å². The van der Waals surface area contributed by atoms with Crippen molar-refractivity contribution in [1.29, 1.82) is 0 Å². The van der Waals surface area contributed by atoms with Crippen LogP contribution in [0.25, 0.3) is 22.0 Å². The molecule has 3 nitrogen and oxygen atoms in total. The molecule has 1 aromatic heterocycles. The quantitative estimate of drug-likeness (QED) is 0.683. The molecule has 23 heavy (non-hydrogen) atoms. The molecule has 0 aliphatic carbocycles. The number of nitrogens with zero attached hydrogens (tertiary/aromatic N) is 1. The second kappa shape index (κ2) is 5.29. The third-order valence-corrected chi connectivity index (χ3v) is 4.84. The summed E-state index contributed by atoms with van der Waals surface area (Å²) >= 11 is 12.3. The van der Waals surface area contributed by atoms with Gasteiger partial charge in [0.1, 0.15) is 5.69 Å². The highest BCUT2D eigenvalue weighted by molar-refractivity contribution is 6.32. The normalized spacial score (nSPS) is 14.0. The van der Waals surface area contributed by atoms with E-state index in [1.807, 2.05) is 43.3 Å². The van der Waals surface area contributed by atoms with Crippen LogP contribution < -0.4 is 5.32 Å². The van der Waals surface area contributed by atoms with Crippen LogP contribution in [-0.2, 0) is 6.54 Å². The summed E-state index contributed by atoms with van der Waals surface area (Å²) in [6, 6.07) is 11.6. The Balaban J connectivity index is 2.10. The van der Waals surface area contributed by atoms with Crippen LogP contribution in [0.4, 0.5) is 0 Å². The van der Waals surface area contributed by atoms with E-state index in [-0.39, 0.29) is 5.91 Å². The van der Waals surface area contributed by atoms with E-state index in [0.29, 0.717) is 16.6 Å². The molecule has 3 aromatic rings. The van der Waals surface area contributed by atoms with Gasteiger partial charge in [0, 0.05) is 34.1 Å². The Kier molecular flexibility index (Phi) is 3.36. The first-order valence-electron chi connectivity index (χ1n) is 7.43. The number of hydrogen-bond donors (Lipinski definition) is 1. The molecule has 0 bridgehead atoms. The summed E-state index contributed by atoms with van der Waals surface area (Å²) < 4.78 is 2.10. The van der Waals surface area contributed by atoms with Crippen molar-refractivity contribution in [3.05, 3.63) is 57.7 Å². The van der Waals surface area contributed by atoms with E-state index < -0.39 is 0 Å². The van der Waals surface area contributed by atoms with Crippen molar-refractivity contribution in [2.24, 2.45) is 0 Å². The molecule has 1 N–H and O–H groups in total. The maximum atomic E-state index is 12.3. The molecule has 0 saturated heterocycles. The van der Waals surface area contributed by atoms with Crippen LogP contribution in [0.2, 0.25) is 10.0 Å². The van der Waals surface area contributed by atoms with Gasteiger partial charge in [-0.3, -0.25) is 4.79 Å². The fourth-order valence-electron chi connectivity index (χ4n) is 3.35. The topological polar surface area (TPSA) is 34.0 Å². The lowest BCUT2D eigenvalue weighted by Gasteiger charge is -2.18. The van der Waals surface area contributed by atoms with E-state index in [2.05, 4.69) is 9.88 Å².